The molecule has 1 aromatic carbocycles. The predicted molar refractivity (Wildman–Crippen MR) is 84.5 cm³/mol. The van der Waals surface area contributed by atoms with E-state index in [2.05, 4.69) is 0 Å². The molecule has 2 atom stereocenters. The first-order chi connectivity index (χ1) is 9.81. The molecule has 5 heteroatoms. The lowest BCUT2D eigenvalue weighted by Gasteiger charge is -2.24. The average Bonchev–Trinajstić information content (AvgIpc) is 2.81. The van der Waals surface area contributed by atoms with Crippen LogP contribution in [0.25, 0.3) is 0 Å². The number of carbonyl (C=O) groups excluding carboxylic acids is 1. The molecular formula is C16H23ClN2O2. The molecule has 116 valence electrons. The highest BCUT2D eigenvalue weighted by Crippen LogP contribution is 2.36. The standard InChI is InChI=1S/C16H23ClN2O2/c1-16(2,3)21-15(20)19-9-11(8-18)13(10-19)12-6-4-5-7-14(12)17/h4-7,11,13H,8-10,18H2,1-3H3/t11-,13-/m1/s1. The molecule has 1 aliphatic heterocycles. The molecule has 1 aromatic rings. The van der Waals surface area contributed by atoms with Gasteiger partial charge in [-0.25, -0.2) is 4.79 Å². The summed E-state index contributed by atoms with van der Waals surface area (Å²) >= 11 is 6.28. The summed E-state index contributed by atoms with van der Waals surface area (Å²) in [5.74, 6) is 0.369. The van der Waals surface area contributed by atoms with Gasteiger partial charge in [-0.15, -0.1) is 0 Å². The maximum Gasteiger partial charge on any atom is 0.410 e. The van der Waals surface area contributed by atoms with Gasteiger partial charge in [-0.3, -0.25) is 0 Å². The van der Waals surface area contributed by atoms with E-state index in [1.807, 2.05) is 45.0 Å². The Kier molecular flexibility index (Phi) is 4.79. The minimum absolute atomic E-state index is 0.163. The van der Waals surface area contributed by atoms with Gasteiger partial charge < -0.3 is 15.4 Å². The van der Waals surface area contributed by atoms with Gasteiger partial charge in [-0.05, 0) is 44.9 Å². The third kappa shape index (κ3) is 3.89. The van der Waals surface area contributed by atoms with Crippen molar-refractivity contribution in [3.63, 3.8) is 0 Å². The van der Waals surface area contributed by atoms with Gasteiger partial charge in [0.2, 0.25) is 0 Å². The molecule has 0 bridgehead atoms. The molecule has 2 N–H and O–H groups in total. The Morgan fingerprint density at radius 3 is 2.62 bits per heavy atom. The third-order valence-electron chi connectivity index (χ3n) is 3.70. The van der Waals surface area contributed by atoms with Crippen molar-refractivity contribution in [3.8, 4) is 0 Å². The van der Waals surface area contributed by atoms with E-state index in [1.54, 1.807) is 4.90 Å². The van der Waals surface area contributed by atoms with E-state index in [1.165, 1.54) is 0 Å². The number of ether oxygens (including phenoxy) is 1. The normalized spacial score (nSPS) is 22.4. The predicted octanol–water partition coefficient (Wildman–Crippen LogP) is 3.25. The number of hydrogen-bond donors (Lipinski definition) is 1. The van der Waals surface area contributed by atoms with Crippen molar-refractivity contribution in [1.82, 2.24) is 4.90 Å². The zero-order chi connectivity index (χ0) is 15.6. The first kappa shape index (κ1) is 16.1. The fourth-order valence-electron chi connectivity index (χ4n) is 2.71. The fraction of sp³-hybridized carbons (Fsp3) is 0.562. The van der Waals surface area contributed by atoms with Crippen molar-refractivity contribution in [2.45, 2.75) is 32.3 Å². The Morgan fingerprint density at radius 1 is 1.38 bits per heavy atom. The van der Waals surface area contributed by atoms with Crippen LogP contribution in [-0.4, -0.2) is 36.2 Å². The quantitative estimate of drug-likeness (QED) is 0.912. The maximum atomic E-state index is 12.2. The number of nitrogens with zero attached hydrogens (tertiary/aromatic N) is 1. The number of likely N-dealkylation sites (tertiary alicyclic amines) is 1. The molecule has 0 spiro atoms. The lowest BCUT2D eigenvalue weighted by Crippen LogP contribution is -2.35. The minimum Gasteiger partial charge on any atom is -0.444 e. The molecule has 0 unspecified atom stereocenters. The van der Waals surface area contributed by atoms with Crippen LogP contribution >= 0.6 is 11.6 Å². The molecule has 1 aliphatic rings. The summed E-state index contributed by atoms with van der Waals surface area (Å²) in [6, 6.07) is 7.75. The van der Waals surface area contributed by atoms with Crippen LogP contribution in [0, 0.1) is 5.92 Å². The van der Waals surface area contributed by atoms with Crippen LogP contribution in [-0.2, 0) is 4.74 Å². The Balaban J connectivity index is 2.15. The highest BCUT2D eigenvalue weighted by molar-refractivity contribution is 6.31. The first-order valence-electron chi connectivity index (χ1n) is 7.24. The van der Waals surface area contributed by atoms with Crippen LogP contribution in [0.5, 0.6) is 0 Å². The van der Waals surface area contributed by atoms with Crippen LogP contribution in [0.15, 0.2) is 24.3 Å². The second-order valence-corrected chi connectivity index (χ2v) is 6.92. The largest absolute Gasteiger partial charge is 0.444 e. The zero-order valence-corrected chi connectivity index (χ0v) is 13.6. The molecule has 4 nitrogen and oxygen atoms in total. The summed E-state index contributed by atoms with van der Waals surface area (Å²) in [7, 11) is 0. The third-order valence-corrected chi connectivity index (χ3v) is 4.04. The monoisotopic (exact) mass is 310 g/mol. The van der Waals surface area contributed by atoms with Gasteiger partial charge in [0, 0.05) is 24.0 Å². The lowest BCUT2D eigenvalue weighted by molar-refractivity contribution is 0.0287. The van der Waals surface area contributed by atoms with Gasteiger partial charge in [0.05, 0.1) is 0 Å². The molecule has 1 amide bonds. The van der Waals surface area contributed by atoms with E-state index in [0.717, 1.165) is 10.6 Å². The molecule has 0 radical (unpaired) electrons. The van der Waals surface area contributed by atoms with E-state index in [-0.39, 0.29) is 17.9 Å². The summed E-state index contributed by atoms with van der Waals surface area (Å²) in [5.41, 5.74) is 6.45. The van der Waals surface area contributed by atoms with Crippen molar-refractivity contribution in [3.05, 3.63) is 34.9 Å². The number of halogens is 1. The average molecular weight is 311 g/mol. The second kappa shape index (κ2) is 6.24. The fourth-order valence-corrected chi connectivity index (χ4v) is 2.99. The van der Waals surface area contributed by atoms with Crippen LogP contribution in [0.4, 0.5) is 4.79 Å². The minimum atomic E-state index is -0.488. The van der Waals surface area contributed by atoms with Gasteiger partial charge in [0.15, 0.2) is 0 Å². The van der Waals surface area contributed by atoms with Crippen molar-refractivity contribution >= 4 is 17.7 Å². The van der Waals surface area contributed by atoms with Crippen molar-refractivity contribution in [2.75, 3.05) is 19.6 Å². The van der Waals surface area contributed by atoms with Gasteiger partial charge in [0.25, 0.3) is 0 Å². The van der Waals surface area contributed by atoms with Gasteiger partial charge in [-0.2, -0.15) is 0 Å². The van der Waals surface area contributed by atoms with E-state index in [4.69, 9.17) is 22.1 Å². The Hall–Kier alpha value is -1.26. The highest BCUT2D eigenvalue weighted by Gasteiger charge is 2.37. The van der Waals surface area contributed by atoms with Crippen LogP contribution in [0.3, 0.4) is 0 Å². The van der Waals surface area contributed by atoms with E-state index >= 15 is 0 Å². The molecule has 1 saturated heterocycles. The summed E-state index contributed by atoms with van der Waals surface area (Å²) in [6.45, 7) is 7.34. The summed E-state index contributed by atoms with van der Waals surface area (Å²) in [6.07, 6.45) is -0.282. The Bertz CT molecular complexity index is 513. The van der Waals surface area contributed by atoms with Gasteiger partial charge in [-0.1, -0.05) is 29.8 Å². The molecule has 1 heterocycles. The number of nitrogens with two attached hydrogens (primary N) is 1. The highest BCUT2D eigenvalue weighted by atomic mass is 35.5. The summed E-state index contributed by atoms with van der Waals surface area (Å²) < 4.78 is 5.44. The number of carbonyl (C=O) groups is 1. The number of benzene rings is 1. The summed E-state index contributed by atoms with van der Waals surface area (Å²) in [5, 5.41) is 0.729. The molecular weight excluding hydrogens is 288 g/mol. The molecule has 0 aliphatic carbocycles. The van der Waals surface area contributed by atoms with E-state index in [0.29, 0.717) is 19.6 Å². The van der Waals surface area contributed by atoms with Crippen LogP contribution in [0.1, 0.15) is 32.3 Å². The van der Waals surface area contributed by atoms with Crippen molar-refractivity contribution < 1.29 is 9.53 Å². The topological polar surface area (TPSA) is 55.6 Å². The van der Waals surface area contributed by atoms with Gasteiger partial charge in [0.1, 0.15) is 5.60 Å². The first-order valence-corrected chi connectivity index (χ1v) is 7.62. The second-order valence-electron chi connectivity index (χ2n) is 6.51. The Morgan fingerprint density at radius 2 is 2.05 bits per heavy atom. The SMILES string of the molecule is CC(C)(C)OC(=O)N1C[C@@H](CN)[C@H](c2ccccc2Cl)C1. The van der Waals surface area contributed by atoms with Gasteiger partial charge >= 0.3 is 6.09 Å². The molecule has 0 aromatic heterocycles. The smallest absolute Gasteiger partial charge is 0.410 e. The summed E-state index contributed by atoms with van der Waals surface area (Å²) in [4.78, 5) is 13.9. The molecule has 1 fully saturated rings. The Labute approximate surface area is 131 Å². The van der Waals surface area contributed by atoms with Crippen LogP contribution in [0.2, 0.25) is 5.02 Å². The molecule has 2 rings (SSSR count). The number of rotatable bonds is 2. The number of amides is 1. The zero-order valence-electron chi connectivity index (χ0n) is 12.8. The maximum absolute atomic E-state index is 12.2. The van der Waals surface area contributed by atoms with Crippen molar-refractivity contribution in [2.24, 2.45) is 11.7 Å². The molecule has 0 saturated carbocycles. The van der Waals surface area contributed by atoms with E-state index < -0.39 is 5.60 Å². The van der Waals surface area contributed by atoms with E-state index in [9.17, 15) is 4.79 Å². The van der Waals surface area contributed by atoms with Crippen molar-refractivity contribution in [1.29, 1.82) is 0 Å². The molecule has 21 heavy (non-hydrogen) atoms. The lowest BCUT2D eigenvalue weighted by atomic mass is 9.89. The number of hydrogen-bond acceptors (Lipinski definition) is 3. The van der Waals surface area contributed by atoms with Crippen LogP contribution < -0.4 is 5.73 Å².